The van der Waals surface area contributed by atoms with Crippen LogP contribution in [0.2, 0.25) is 0 Å². The Kier molecular flexibility index (Phi) is 5.49. The van der Waals surface area contributed by atoms with E-state index in [9.17, 15) is 18.3 Å². The van der Waals surface area contributed by atoms with Gasteiger partial charge in [-0.3, -0.25) is 13.8 Å². The molecular formula is C20H28N8O4S. The fourth-order valence-corrected chi connectivity index (χ4v) is 6.26. The summed E-state index contributed by atoms with van der Waals surface area (Å²) in [4.78, 5) is 22.0. The number of nitrogens with zero attached hydrogens (tertiary/aromatic N) is 7. The van der Waals surface area contributed by atoms with Gasteiger partial charge < -0.3 is 10.4 Å². The van der Waals surface area contributed by atoms with Crippen LogP contribution in [0.1, 0.15) is 38.1 Å². The van der Waals surface area contributed by atoms with Crippen LogP contribution in [0.25, 0.3) is 11.2 Å². The first-order valence-electron chi connectivity index (χ1n) is 11.1. The molecule has 1 saturated heterocycles. The van der Waals surface area contributed by atoms with Gasteiger partial charge in [0.15, 0.2) is 5.65 Å². The Labute approximate surface area is 190 Å². The maximum atomic E-state index is 12.8. The lowest BCUT2D eigenvalue weighted by Gasteiger charge is -2.31. The number of rotatable bonds is 5. The summed E-state index contributed by atoms with van der Waals surface area (Å²) in [6.07, 6.45) is 7.27. The topological polar surface area (TPSA) is 140 Å². The van der Waals surface area contributed by atoms with E-state index < -0.39 is 16.1 Å². The minimum Gasteiger partial charge on any atom is -0.393 e. The number of anilines is 1. The standard InChI is InChI=1S/C20H28N8O4S/c1-25-12-16(10-22-25)33(31,32)27-7-5-13(6-8-27)23-19-21-11-17-18(24-19)28(20(30)26(17)2)14-3-4-15(29)9-14/h10-15,29H,3-9H2,1-2H3,(H,21,23,24). The highest BCUT2D eigenvalue weighted by atomic mass is 32.2. The molecule has 33 heavy (non-hydrogen) atoms. The van der Waals surface area contributed by atoms with Gasteiger partial charge in [0.1, 0.15) is 10.4 Å². The molecule has 0 amide bonds. The summed E-state index contributed by atoms with van der Waals surface area (Å²) < 4.78 is 31.8. The monoisotopic (exact) mass is 476 g/mol. The van der Waals surface area contributed by atoms with E-state index in [1.165, 1.54) is 25.9 Å². The Morgan fingerprint density at radius 1 is 1.12 bits per heavy atom. The molecule has 2 N–H and O–H groups in total. The largest absolute Gasteiger partial charge is 0.393 e. The molecule has 0 radical (unpaired) electrons. The van der Waals surface area contributed by atoms with E-state index >= 15 is 0 Å². The van der Waals surface area contributed by atoms with Gasteiger partial charge in [-0.25, -0.2) is 18.2 Å². The molecular weight excluding hydrogens is 448 g/mol. The molecule has 2 atom stereocenters. The second-order valence-electron chi connectivity index (χ2n) is 8.91. The number of nitrogens with one attached hydrogen (secondary N) is 1. The van der Waals surface area contributed by atoms with Crippen molar-refractivity contribution in [3.63, 3.8) is 0 Å². The summed E-state index contributed by atoms with van der Waals surface area (Å²) in [5, 5.41) is 17.2. The lowest BCUT2D eigenvalue weighted by atomic mass is 10.1. The summed E-state index contributed by atoms with van der Waals surface area (Å²) in [7, 11) is -0.175. The molecule has 3 aromatic rings. The molecule has 2 fully saturated rings. The summed E-state index contributed by atoms with van der Waals surface area (Å²) in [6, 6.07) is -0.0696. The van der Waals surface area contributed by atoms with Crippen molar-refractivity contribution < 1.29 is 13.5 Å². The smallest absolute Gasteiger partial charge is 0.330 e. The molecule has 1 aliphatic heterocycles. The molecule has 3 aromatic heterocycles. The maximum Gasteiger partial charge on any atom is 0.330 e. The zero-order valence-electron chi connectivity index (χ0n) is 18.6. The van der Waals surface area contributed by atoms with E-state index in [1.54, 1.807) is 24.9 Å². The molecule has 1 saturated carbocycles. The molecule has 13 heteroatoms. The van der Waals surface area contributed by atoms with E-state index in [1.807, 2.05) is 0 Å². The van der Waals surface area contributed by atoms with Crippen LogP contribution in [0.15, 0.2) is 28.3 Å². The van der Waals surface area contributed by atoms with Crippen LogP contribution < -0.4 is 11.0 Å². The summed E-state index contributed by atoms with van der Waals surface area (Å²) in [5.74, 6) is 0.411. The number of fused-ring (bicyclic) bond motifs is 1. The Hall–Kier alpha value is -2.77. The predicted octanol–water partition coefficient (Wildman–Crippen LogP) is 0.215. The molecule has 2 aliphatic rings. The zero-order chi connectivity index (χ0) is 23.3. The number of aliphatic hydroxyl groups is 1. The number of aromatic nitrogens is 6. The highest BCUT2D eigenvalue weighted by Crippen LogP contribution is 2.31. The molecule has 1 aliphatic carbocycles. The van der Waals surface area contributed by atoms with Gasteiger partial charge in [0.25, 0.3) is 0 Å². The third-order valence-corrected chi connectivity index (χ3v) is 8.53. The second-order valence-corrected chi connectivity index (χ2v) is 10.8. The maximum absolute atomic E-state index is 12.8. The van der Waals surface area contributed by atoms with Crippen LogP contribution in [0.3, 0.4) is 0 Å². The second kappa shape index (κ2) is 8.22. The number of imidazole rings is 1. The van der Waals surface area contributed by atoms with Gasteiger partial charge in [0.2, 0.25) is 16.0 Å². The predicted molar refractivity (Wildman–Crippen MR) is 120 cm³/mol. The number of aliphatic hydroxyl groups excluding tert-OH is 1. The lowest BCUT2D eigenvalue weighted by Crippen LogP contribution is -2.42. The third-order valence-electron chi connectivity index (χ3n) is 6.68. The minimum absolute atomic E-state index is 0.0139. The zero-order valence-corrected chi connectivity index (χ0v) is 19.4. The van der Waals surface area contributed by atoms with Gasteiger partial charge in [-0.1, -0.05) is 0 Å². The van der Waals surface area contributed by atoms with E-state index in [0.29, 0.717) is 55.9 Å². The molecule has 178 valence electrons. The van der Waals surface area contributed by atoms with Crippen LogP contribution in [0, 0.1) is 0 Å². The number of piperidine rings is 1. The average Bonchev–Trinajstić information content (AvgIpc) is 3.48. The molecule has 4 heterocycles. The van der Waals surface area contributed by atoms with Crippen LogP contribution in [-0.2, 0) is 24.1 Å². The van der Waals surface area contributed by atoms with Crippen LogP contribution in [-0.4, -0.2) is 71.9 Å². The fraction of sp³-hybridized carbons (Fsp3) is 0.600. The minimum atomic E-state index is -3.56. The Morgan fingerprint density at radius 2 is 1.88 bits per heavy atom. The van der Waals surface area contributed by atoms with Gasteiger partial charge in [-0.15, -0.1) is 0 Å². The van der Waals surface area contributed by atoms with E-state index in [-0.39, 0.29) is 22.7 Å². The van der Waals surface area contributed by atoms with Gasteiger partial charge in [0.05, 0.1) is 18.5 Å². The first-order valence-corrected chi connectivity index (χ1v) is 12.6. The van der Waals surface area contributed by atoms with Crippen molar-refractivity contribution in [3.8, 4) is 0 Å². The van der Waals surface area contributed by atoms with Crippen molar-refractivity contribution >= 4 is 27.1 Å². The van der Waals surface area contributed by atoms with Crippen molar-refractivity contribution in [2.45, 2.75) is 55.2 Å². The molecule has 12 nitrogen and oxygen atoms in total. The summed E-state index contributed by atoms with van der Waals surface area (Å²) in [6.45, 7) is 0.764. The number of hydrogen-bond donors (Lipinski definition) is 2. The van der Waals surface area contributed by atoms with Crippen molar-refractivity contribution in [2.24, 2.45) is 14.1 Å². The van der Waals surface area contributed by atoms with Crippen molar-refractivity contribution in [1.82, 2.24) is 33.2 Å². The molecule has 0 aromatic carbocycles. The van der Waals surface area contributed by atoms with Crippen molar-refractivity contribution in [3.05, 3.63) is 29.1 Å². The van der Waals surface area contributed by atoms with Crippen molar-refractivity contribution in [1.29, 1.82) is 0 Å². The van der Waals surface area contributed by atoms with Gasteiger partial charge >= 0.3 is 5.69 Å². The highest BCUT2D eigenvalue weighted by molar-refractivity contribution is 7.89. The van der Waals surface area contributed by atoms with Crippen LogP contribution >= 0.6 is 0 Å². The van der Waals surface area contributed by atoms with E-state index in [0.717, 1.165) is 6.42 Å². The van der Waals surface area contributed by atoms with Crippen molar-refractivity contribution in [2.75, 3.05) is 18.4 Å². The third kappa shape index (κ3) is 3.93. The molecule has 0 spiro atoms. The van der Waals surface area contributed by atoms with E-state index in [2.05, 4.69) is 20.4 Å². The van der Waals surface area contributed by atoms with Crippen LogP contribution in [0.4, 0.5) is 5.95 Å². The lowest BCUT2D eigenvalue weighted by molar-refractivity contribution is 0.178. The molecule has 2 unspecified atom stereocenters. The molecule has 0 bridgehead atoms. The Morgan fingerprint density at radius 3 is 2.52 bits per heavy atom. The first-order chi connectivity index (χ1) is 15.7. The quantitative estimate of drug-likeness (QED) is 0.533. The molecule has 5 rings (SSSR count). The number of sulfonamides is 1. The SMILES string of the molecule is Cn1cc(S(=O)(=O)N2CCC(Nc3ncc4c(n3)n(C3CCC(O)C3)c(=O)n4C)CC2)cn1. The number of hydrogen-bond acceptors (Lipinski definition) is 8. The summed E-state index contributed by atoms with van der Waals surface area (Å²) in [5.41, 5.74) is 1.03. The normalized spacial score (nSPS) is 22.9. The Balaban J connectivity index is 1.32. The van der Waals surface area contributed by atoms with Gasteiger partial charge in [-0.2, -0.15) is 14.4 Å². The first kappa shape index (κ1) is 22.0. The average molecular weight is 477 g/mol. The highest BCUT2D eigenvalue weighted by Gasteiger charge is 2.31. The Bertz CT molecular complexity index is 1340. The van der Waals surface area contributed by atoms with Gasteiger partial charge in [0, 0.05) is 45.5 Å². The number of aryl methyl sites for hydroxylation is 2. The van der Waals surface area contributed by atoms with Crippen LogP contribution in [0.5, 0.6) is 0 Å². The van der Waals surface area contributed by atoms with Gasteiger partial charge in [-0.05, 0) is 32.1 Å². The fourth-order valence-electron chi connectivity index (χ4n) is 4.81. The summed E-state index contributed by atoms with van der Waals surface area (Å²) >= 11 is 0. The van der Waals surface area contributed by atoms with E-state index in [4.69, 9.17) is 0 Å².